The third-order valence-corrected chi connectivity index (χ3v) is 3.85. The highest BCUT2D eigenvalue weighted by molar-refractivity contribution is 9.10. The third-order valence-electron chi connectivity index (χ3n) is 3.32. The van der Waals surface area contributed by atoms with Gasteiger partial charge in [0.25, 0.3) is 0 Å². The van der Waals surface area contributed by atoms with Gasteiger partial charge in [0.1, 0.15) is 5.82 Å². The van der Waals surface area contributed by atoms with Crippen LogP contribution in [0.1, 0.15) is 5.56 Å². The summed E-state index contributed by atoms with van der Waals surface area (Å²) in [4.78, 5) is 4.34. The van der Waals surface area contributed by atoms with Crippen LogP contribution in [-0.2, 0) is 6.42 Å². The predicted molar refractivity (Wildman–Crippen MR) is 95.8 cm³/mol. The molecule has 24 heavy (non-hydrogen) atoms. The smallest absolute Gasteiger partial charge is 0.249 e. The molecule has 0 aliphatic heterocycles. The van der Waals surface area contributed by atoms with Crippen LogP contribution in [0.15, 0.2) is 59.2 Å². The molecule has 0 radical (unpaired) electrons. The number of hydrogen-bond donors (Lipinski definition) is 2. The topological polar surface area (TPSA) is 62.7 Å². The van der Waals surface area contributed by atoms with E-state index in [9.17, 15) is 4.39 Å². The molecule has 0 aliphatic rings. The molecule has 1 heterocycles. The third kappa shape index (κ3) is 4.48. The zero-order valence-corrected chi connectivity index (χ0v) is 14.3. The van der Waals surface area contributed by atoms with Crippen molar-refractivity contribution in [3.05, 3.63) is 70.6 Å². The Balaban J connectivity index is 1.59. The zero-order chi connectivity index (χ0) is 16.8. The van der Waals surface area contributed by atoms with E-state index in [2.05, 4.69) is 41.7 Å². The van der Waals surface area contributed by atoms with Gasteiger partial charge in [-0.25, -0.2) is 4.39 Å². The van der Waals surface area contributed by atoms with Gasteiger partial charge in [0.15, 0.2) is 5.82 Å². The standard InChI is InChI=1S/C17H15BrFN5/c18-13-5-7-14(8-6-13)22-17-23-16(11-21-24-17)20-10-9-12-3-1-2-4-15(12)19/h1-8,11H,9-10H2,(H2,20,22,23,24). The number of halogens is 2. The van der Waals surface area contributed by atoms with Crippen LogP contribution < -0.4 is 10.6 Å². The van der Waals surface area contributed by atoms with Crippen LogP contribution in [0, 0.1) is 5.82 Å². The first-order valence-corrected chi connectivity index (χ1v) is 8.19. The molecular formula is C17H15BrFN5. The maximum Gasteiger partial charge on any atom is 0.249 e. The van der Waals surface area contributed by atoms with Gasteiger partial charge in [-0.05, 0) is 42.3 Å². The van der Waals surface area contributed by atoms with Crippen LogP contribution in [0.4, 0.5) is 21.8 Å². The summed E-state index contributed by atoms with van der Waals surface area (Å²) in [5.74, 6) is 0.784. The van der Waals surface area contributed by atoms with Crippen LogP contribution in [0.2, 0.25) is 0 Å². The lowest BCUT2D eigenvalue weighted by molar-refractivity contribution is 0.610. The molecule has 0 unspecified atom stereocenters. The minimum absolute atomic E-state index is 0.197. The summed E-state index contributed by atoms with van der Waals surface area (Å²) in [7, 11) is 0. The monoisotopic (exact) mass is 387 g/mol. The molecule has 0 fully saturated rings. The minimum Gasteiger partial charge on any atom is -0.368 e. The van der Waals surface area contributed by atoms with Gasteiger partial charge in [-0.15, -0.1) is 5.10 Å². The molecule has 5 nitrogen and oxygen atoms in total. The van der Waals surface area contributed by atoms with E-state index in [1.165, 1.54) is 12.3 Å². The minimum atomic E-state index is -0.197. The van der Waals surface area contributed by atoms with Gasteiger partial charge in [-0.3, -0.25) is 0 Å². The first kappa shape index (κ1) is 16.3. The number of hydrogen-bond acceptors (Lipinski definition) is 5. The molecule has 0 saturated heterocycles. The number of nitrogens with one attached hydrogen (secondary N) is 2. The Morgan fingerprint density at radius 3 is 2.62 bits per heavy atom. The Bertz CT molecular complexity index is 810. The summed E-state index contributed by atoms with van der Waals surface area (Å²) in [6.45, 7) is 0.553. The fourth-order valence-electron chi connectivity index (χ4n) is 2.13. The van der Waals surface area contributed by atoms with E-state index >= 15 is 0 Å². The van der Waals surface area contributed by atoms with Crippen molar-refractivity contribution >= 4 is 33.4 Å². The highest BCUT2D eigenvalue weighted by Crippen LogP contribution is 2.17. The molecular weight excluding hydrogens is 373 g/mol. The predicted octanol–water partition coefficient (Wildman–Crippen LogP) is 4.17. The molecule has 0 atom stereocenters. The van der Waals surface area contributed by atoms with Gasteiger partial charge in [-0.2, -0.15) is 10.1 Å². The second-order valence-electron chi connectivity index (χ2n) is 5.07. The van der Waals surface area contributed by atoms with E-state index in [1.807, 2.05) is 30.3 Å². The molecule has 3 aromatic rings. The fourth-order valence-corrected chi connectivity index (χ4v) is 2.39. The Kier molecular flexibility index (Phi) is 5.32. The van der Waals surface area contributed by atoms with Gasteiger partial charge < -0.3 is 10.6 Å². The summed E-state index contributed by atoms with van der Waals surface area (Å²) < 4.78 is 14.6. The number of rotatable bonds is 6. The van der Waals surface area contributed by atoms with E-state index in [-0.39, 0.29) is 5.82 Å². The van der Waals surface area contributed by atoms with Crippen LogP contribution >= 0.6 is 15.9 Å². The number of aromatic nitrogens is 3. The number of nitrogens with zero attached hydrogens (tertiary/aromatic N) is 3. The highest BCUT2D eigenvalue weighted by atomic mass is 79.9. The molecule has 3 rings (SSSR count). The van der Waals surface area contributed by atoms with Crippen LogP contribution in [0.25, 0.3) is 0 Å². The Morgan fingerprint density at radius 2 is 1.83 bits per heavy atom. The molecule has 0 bridgehead atoms. The van der Waals surface area contributed by atoms with Crippen LogP contribution in [0.3, 0.4) is 0 Å². The molecule has 0 spiro atoms. The average molecular weight is 388 g/mol. The van der Waals surface area contributed by atoms with Crippen molar-refractivity contribution < 1.29 is 4.39 Å². The average Bonchev–Trinajstić information content (AvgIpc) is 2.59. The number of benzene rings is 2. The normalized spacial score (nSPS) is 10.4. The van der Waals surface area contributed by atoms with E-state index in [0.717, 1.165) is 10.2 Å². The molecule has 7 heteroatoms. The lowest BCUT2D eigenvalue weighted by atomic mass is 10.1. The van der Waals surface area contributed by atoms with Crippen molar-refractivity contribution in [2.75, 3.05) is 17.2 Å². The Hall–Kier alpha value is -2.54. The van der Waals surface area contributed by atoms with E-state index in [0.29, 0.717) is 30.3 Å². The lowest BCUT2D eigenvalue weighted by Crippen LogP contribution is -2.09. The molecule has 0 aliphatic carbocycles. The van der Waals surface area contributed by atoms with Crippen LogP contribution in [0.5, 0.6) is 0 Å². The second kappa shape index (κ2) is 7.83. The first-order chi connectivity index (χ1) is 11.7. The van der Waals surface area contributed by atoms with Gasteiger partial charge >= 0.3 is 0 Å². The summed E-state index contributed by atoms with van der Waals surface area (Å²) in [6.07, 6.45) is 2.10. The van der Waals surface area contributed by atoms with Crippen molar-refractivity contribution in [1.29, 1.82) is 0 Å². The van der Waals surface area contributed by atoms with Gasteiger partial charge in [0.05, 0.1) is 6.20 Å². The van der Waals surface area contributed by atoms with Crippen molar-refractivity contribution in [3.8, 4) is 0 Å². The zero-order valence-electron chi connectivity index (χ0n) is 12.7. The lowest BCUT2D eigenvalue weighted by Gasteiger charge is -2.08. The van der Waals surface area contributed by atoms with Gasteiger partial charge in [0.2, 0.25) is 5.95 Å². The highest BCUT2D eigenvalue weighted by Gasteiger charge is 2.03. The SMILES string of the molecule is Fc1ccccc1CCNc1cnnc(Nc2ccc(Br)cc2)n1. The van der Waals surface area contributed by atoms with Gasteiger partial charge in [0, 0.05) is 16.7 Å². The first-order valence-electron chi connectivity index (χ1n) is 7.40. The maximum absolute atomic E-state index is 13.6. The maximum atomic E-state index is 13.6. The Labute approximate surface area is 147 Å². The summed E-state index contributed by atoms with van der Waals surface area (Å²) >= 11 is 3.39. The summed E-state index contributed by atoms with van der Waals surface area (Å²) in [5.41, 5.74) is 1.53. The van der Waals surface area contributed by atoms with E-state index in [1.54, 1.807) is 12.1 Å². The van der Waals surface area contributed by atoms with Gasteiger partial charge in [-0.1, -0.05) is 34.1 Å². The van der Waals surface area contributed by atoms with Crippen molar-refractivity contribution in [3.63, 3.8) is 0 Å². The molecule has 122 valence electrons. The summed E-state index contributed by atoms with van der Waals surface area (Å²) in [6, 6.07) is 14.4. The van der Waals surface area contributed by atoms with Crippen LogP contribution in [-0.4, -0.2) is 21.7 Å². The molecule has 2 aromatic carbocycles. The quantitative estimate of drug-likeness (QED) is 0.664. The van der Waals surface area contributed by atoms with Crippen molar-refractivity contribution in [2.45, 2.75) is 6.42 Å². The molecule has 2 N–H and O–H groups in total. The van der Waals surface area contributed by atoms with E-state index < -0.39 is 0 Å². The largest absolute Gasteiger partial charge is 0.368 e. The summed E-state index contributed by atoms with van der Waals surface area (Å²) in [5, 5.41) is 14.1. The van der Waals surface area contributed by atoms with Crippen molar-refractivity contribution in [2.24, 2.45) is 0 Å². The molecule has 0 saturated carbocycles. The van der Waals surface area contributed by atoms with E-state index in [4.69, 9.17) is 0 Å². The molecule has 0 amide bonds. The Morgan fingerprint density at radius 1 is 1.04 bits per heavy atom. The second-order valence-corrected chi connectivity index (χ2v) is 5.98. The molecule has 1 aromatic heterocycles. The van der Waals surface area contributed by atoms with Crippen molar-refractivity contribution in [1.82, 2.24) is 15.2 Å². The fraction of sp³-hybridized carbons (Fsp3) is 0.118. The number of anilines is 3.